The minimum Gasteiger partial charge on any atom is -0.486 e. The molecule has 1 atom stereocenters. The molecular formula is C15H20ClNO3. The summed E-state index contributed by atoms with van der Waals surface area (Å²) in [5.74, 6) is 1.48. The van der Waals surface area contributed by atoms with E-state index in [0.29, 0.717) is 30.4 Å². The number of ether oxygens (including phenoxy) is 2. The van der Waals surface area contributed by atoms with Crippen LogP contribution < -0.4 is 9.47 Å². The molecular weight excluding hydrogens is 278 g/mol. The van der Waals surface area contributed by atoms with Gasteiger partial charge in [-0.2, -0.15) is 0 Å². The predicted octanol–water partition coefficient (Wildman–Crippen LogP) is 2.63. The first-order valence-electron chi connectivity index (χ1n) is 7.23. The molecule has 1 unspecified atom stereocenters. The summed E-state index contributed by atoms with van der Waals surface area (Å²) in [5.41, 5.74) is 1.03. The molecule has 0 bridgehead atoms. The van der Waals surface area contributed by atoms with Crippen molar-refractivity contribution >= 4 is 11.6 Å². The van der Waals surface area contributed by atoms with Crippen LogP contribution in [0.1, 0.15) is 30.9 Å². The quantitative estimate of drug-likeness (QED) is 0.928. The summed E-state index contributed by atoms with van der Waals surface area (Å²) in [5, 5.41) is 10.1. The molecule has 0 radical (unpaired) electrons. The zero-order chi connectivity index (χ0) is 13.9. The van der Waals surface area contributed by atoms with Gasteiger partial charge in [-0.25, -0.2) is 0 Å². The average molecular weight is 298 g/mol. The lowest BCUT2D eigenvalue weighted by Gasteiger charge is -2.29. The number of nitrogens with zero attached hydrogens (tertiary/aromatic N) is 1. The second-order valence-electron chi connectivity index (χ2n) is 5.29. The van der Waals surface area contributed by atoms with Gasteiger partial charge in [0.15, 0.2) is 11.5 Å². The first kappa shape index (κ1) is 14.0. The number of halogens is 1. The average Bonchev–Trinajstić information content (AvgIpc) is 2.98. The van der Waals surface area contributed by atoms with E-state index in [4.69, 9.17) is 21.1 Å². The van der Waals surface area contributed by atoms with E-state index in [1.54, 1.807) is 0 Å². The number of rotatable bonds is 4. The summed E-state index contributed by atoms with van der Waals surface area (Å²) >= 11 is 6.43. The summed E-state index contributed by atoms with van der Waals surface area (Å²) in [7, 11) is 0. The highest BCUT2D eigenvalue weighted by molar-refractivity contribution is 6.31. The molecule has 0 aliphatic carbocycles. The topological polar surface area (TPSA) is 41.9 Å². The van der Waals surface area contributed by atoms with E-state index in [0.717, 1.165) is 24.4 Å². The number of fused-ring (bicyclic) bond motifs is 1. The number of hydrogen-bond acceptors (Lipinski definition) is 4. The van der Waals surface area contributed by atoms with Crippen LogP contribution in [0.25, 0.3) is 0 Å². The zero-order valence-electron chi connectivity index (χ0n) is 11.5. The van der Waals surface area contributed by atoms with E-state index >= 15 is 0 Å². The molecule has 1 aromatic carbocycles. The Kier molecular flexibility index (Phi) is 4.34. The molecule has 0 spiro atoms. The van der Waals surface area contributed by atoms with Crippen LogP contribution in [0.3, 0.4) is 0 Å². The summed E-state index contributed by atoms with van der Waals surface area (Å²) < 4.78 is 11.2. The molecule has 0 saturated carbocycles. The molecule has 4 nitrogen and oxygen atoms in total. The Hall–Kier alpha value is -0.970. The zero-order valence-corrected chi connectivity index (χ0v) is 12.2. The largest absolute Gasteiger partial charge is 0.486 e. The highest BCUT2D eigenvalue weighted by atomic mass is 35.5. The van der Waals surface area contributed by atoms with Gasteiger partial charge in [0.1, 0.15) is 13.2 Å². The summed E-state index contributed by atoms with van der Waals surface area (Å²) in [6.45, 7) is 3.42. The fourth-order valence-electron chi connectivity index (χ4n) is 3.05. The van der Waals surface area contributed by atoms with Gasteiger partial charge in [-0.05, 0) is 44.0 Å². The number of likely N-dealkylation sites (tertiary alicyclic amines) is 1. The van der Waals surface area contributed by atoms with Gasteiger partial charge in [-0.1, -0.05) is 11.6 Å². The number of hydrogen-bond donors (Lipinski definition) is 1. The van der Waals surface area contributed by atoms with Gasteiger partial charge in [0.25, 0.3) is 0 Å². The lowest BCUT2D eigenvalue weighted by Crippen LogP contribution is -2.27. The van der Waals surface area contributed by atoms with Crippen molar-refractivity contribution in [2.75, 3.05) is 32.9 Å². The summed E-state index contributed by atoms with van der Waals surface area (Å²) in [4.78, 5) is 2.40. The predicted molar refractivity (Wildman–Crippen MR) is 77.7 cm³/mol. The molecule has 1 aromatic rings. The molecule has 110 valence electrons. The van der Waals surface area contributed by atoms with Crippen LogP contribution in [0.5, 0.6) is 11.5 Å². The van der Waals surface area contributed by atoms with Crippen LogP contribution in [0.2, 0.25) is 5.02 Å². The third kappa shape index (κ3) is 2.73. The Balaban J connectivity index is 1.92. The van der Waals surface area contributed by atoms with Crippen molar-refractivity contribution in [3.8, 4) is 11.5 Å². The summed E-state index contributed by atoms with van der Waals surface area (Å²) in [6, 6.07) is 3.98. The highest BCUT2D eigenvalue weighted by Crippen LogP contribution is 2.40. The second kappa shape index (κ2) is 6.20. The maximum absolute atomic E-state index is 9.36. The third-order valence-corrected chi connectivity index (χ3v) is 4.33. The number of aliphatic hydroxyl groups is 1. The maximum atomic E-state index is 9.36. The molecule has 1 saturated heterocycles. The smallest absolute Gasteiger partial charge is 0.162 e. The Labute approximate surface area is 124 Å². The van der Waals surface area contributed by atoms with Crippen LogP contribution in [0.15, 0.2) is 12.1 Å². The molecule has 0 aromatic heterocycles. The van der Waals surface area contributed by atoms with Crippen molar-refractivity contribution in [1.29, 1.82) is 0 Å². The van der Waals surface area contributed by atoms with Gasteiger partial charge < -0.3 is 14.6 Å². The van der Waals surface area contributed by atoms with Crippen molar-refractivity contribution in [1.82, 2.24) is 4.90 Å². The van der Waals surface area contributed by atoms with Crippen LogP contribution in [-0.2, 0) is 0 Å². The van der Waals surface area contributed by atoms with Crippen molar-refractivity contribution in [3.63, 3.8) is 0 Å². The molecule has 1 fully saturated rings. The maximum Gasteiger partial charge on any atom is 0.162 e. The minimum atomic E-state index is 0.158. The van der Waals surface area contributed by atoms with Gasteiger partial charge in [0.2, 0.25) is 0 Å². The fraction of sp³-hybridized carbons (Fsp3) is 0.600. The van der Waals surface area contributed by atoms with E-state index in [1.165, 1.54) is 12.8 Å². The molecule has 0 amide bonds. The van der Waals surface area contributed by atoms with Crippen LogP contribution in [-0.4, -0.2) is 42.9 Å². The lowest BCUT2D eigenvalue weighted by atomic mass is 10.0. The van der Waals surface area contributed by atoms with Gasteiger partial charge in [-0.3, -0.25) is 4.90 Å². The van der Waals surface area contributed by atoms with Crippen LogP contribution in [0, 0.1) is 0 Å². The fourth-order valence-corrected chi connectivity index (χ4v) is 3.32. The summed E-state index contributed by atoms with van der Waals surface area (Å²) in [6.07, 6.45) is 3.12. The molecule has 3 rings (SSSR count). The van der Waals surface area contributed by atoms with Gasteiger partial charge in [0.05, 0.1) is 0 Å². The minimum absolute atomic E-state index is 0.158. The van der Waals surface area contributed by atoms with E-state index < -0.39 is 0 Å². The normalized spacial score (nSPS) is 20.1. The van der Waals surface area contributed by atoms with Gasteiger partial charge in [0, 0.05) is 23.7 Å². The van der Waals surface area contributed by atoms with Gasteiger partial charge >= 0.3 is 0 Å². The lowest BCUT2D eigenvalue weighted by molar-refractivity contribution is 0.168. The monoisotopic (exact) mass is 297 g/mol. The van der Waals surface area contributed by atoms with Crippen molar-refractivity contribution in [2.45, 2.75) is 25.3 Å². The molecule has 20 heavy (non-hydrogen) atoms. The van der Waals surface area contributed by atoms with Crippen LogP contribution in [0.4, 0.5) is 0 Å². The van der Waals surface area contributed by atoms with Crippen LogP contribution >= 0.6 is 11.6 Å². The second-order valence-corrected chi connectivity index (χ2v) is 5.70. The molecule has 2 heterocycles. The van der Waals surface area contributed by atoms with Gasteiger partial charge in [-0.15, -0.1) is 0 Å². The standard InChI is InChI=1S/C15H20ClNO3/c16-12-10-15-14(19-7-8-20-15)9-11(12)13(3-6-18)17-4-1-2-5-17/h9-10,13,18H,1-8H2. The SMILES string of the molecule is OCCC(c1cc2c(cc1Cl)OCCO2)N1CCCC1. The van der Waals surface area contributed by atoms with Crippen molar-refractivity contribution in [2.24, 2.45) is 0 Å². The van der Waals surface area contributed by atoms with E-state index in [1.807, 2.05) is 12.1 Å². The Morgan fingerprint density at radius 3 is 2.45 bits per heavy atom. The Morgan fingerprint density at radius 1 is 1.15 bits per heavy atom. The Bertz CT molecular complexity index is 474. The molecule has 1 N–H and O–H groups in total. The molecule has 5 heteroatoms. The molecule has 2 aliphatic rings. The Morgan fingerprint density at radius 2 is 1.80 bits per heavy atom. The first-order valence-corrected chi connectivity index (χ1v) is 7.61. The van der Waals surface area contributed by atoms with E-state index in [9.17, 15) is 5.11 Å². The molecule has 2 aliphatic heterocycles. The van der Waals surface area contributed by atoms with Crippen molar-refractivity contribution < 1.29 is 14.6 Å². The van der Waals surface area contributed by atoms with E-state index in [2.05, 4.69) is 4.90 Å². The third-order valence-electron chi connectivity index (χ3n) is 4.00. The number of benzene rings is 1. The highest BCUT2D eigenvalue weighted by Gasteiger charge is 2.27. The van der Waals surface area contributed by atoms with E-state index in [-0.39, 0.29) is 12.6 Å². The first-order chi connectivity index (χ1) is 9.79. The number of aliphatic hydroxyl groups excluding tert-OH is 1. The van der Waals surface area contributed by atoms with Crippen molar-refractivity contribution in [3.05, 3.63) is 22.7 Å².